The molecular formula is C21H26BrNO4. The van der Waals surface area contributed by atoms with Gasteiger partial charge < -0.3 is 19.9 Å². The maximum atomic E-state index is 11.5. The number of carboxylic acids is 1. The monoisotopic (exact) mass is 435 g/mol. The van der Waals surface area contributed by atoms with Crippen molar-refractivity contribution in [3.8, 4) is 11.5 Å². The summed E-state index contributed by atoms with van der Waals surface area (Å²) in [5, 5.41) is 12.6. The molecule has 0 bridgehead atoms. The number of aliphatic carboxylic acids is 1. The molecule has 0 spiro atoms. The normalized spacial score (nSPS) is 12.0. The average Bonchev–Trinajstić information content (AvgIpc) is 2.64. The van der Waals surface area contributed by atoms with E-state index in [1.807, 2.05) is 56.3 Å². The summed E-state index contributed by atoms with van der Waals surface area (Å²) in [7, 11) is 1.59. The molecule has 2 rings (SSSR count). The van der Waals surface area contributed by atoms with Gasteiger partial charge in [0.1, 0.15) is 12.6 Å². The summed E-state index contributed by atoms with van der Waals surface area (Å²) in [4.78, 5) is 11.5. The van der Waals surface area contributed by atoms with Crippen LogP contribution in [0.3, 0.4) is 0 Å². The Morgan fingerprint density at radius 1 is 1.19 bits per heavy atom. The molecule has 1 atom stereocenters. The highest BCUT2D eigenvalue weighted by Crippen LogP contribution is 2.37. The molecule has 146 valence electrons. The fraction of sp³-hybridized carbons (Fsp3) is 0.381. The fourth-order valence-corrected chi connectivity index (χ4v) is 3.22. The first-order valence-electron chi connectivity index (χ1n) is 8.90. The molecule has 2 aromatic rings. The third-order valence-corrected chi connectivity index (χ3v) is 4.89. The van der Waals surface area contributed by atoms with E-state index in [9.17, 15) is 9.90 Å². The van der Waals surface area contributed by atoms with Crippen LogP contribution in [0.4, 0.5) is 0 Å². The smallest absolute Gasteiger partial charge is 0.320 e. The second-order valence-electron chi connectivity index (χ2n) is 6.73. The highest BCUT2D eigenvalue weighted by atomic mass is 79.9. The molecule has 27 heavy (non-hydrogen) atoms. The van der Waals surface area contributed by atoms with Crippen molar-refractivity contribution in [2.45, 2.75) is 39.5 Å². The summed E-state index contributed by atoms with van der Waals surface area (Å²) in [6, 6.07) is 13.0. The third kappa shape index (κ3) is 6.26. The number of nitrogens with one attached hydrogen (secondary N) is 1. The van der Waals surface area contributed by atoms with Gasteiger partial charge in [-0.1, -0.05) is 60.1 Å². The van der Waals surface area contributed by atoms with Gasteiger partial charge in [0.15, 0.2) is 11.5 Å². The molecular weight excluding hydrogens is 410 g/mol. The molecule has 0 heterocycles. The van der Waals surface area contributed by atoms with Crippen LogP contribution >= 0.6 is 15.9 Å². The van der Waals surface area contributed by atoms with Crippen molar-refractivity contribution in [1.29, 1.82) is 0 Å². The summed E-state index contributed by atoms with van der Waals surface area (Å²) >= 11 is 3.55. The molecule has 0 saturated carbocycles. The number of ether oxygens (including phenoxy) is 2. The molecule has 2 aromatic carbocycles. The number of hydrogen-bond donors (Lipinski definition) is 2. The van der Waals surface area contributed by atoms with Crippen molar-refractivity contribution in [3.63, 3.8) is 0 Å². The first-order chi connectivity index (χ1) is 12.9. The summed E-state index contributed by atoms with van der Waals surface area (Å²) in [5.41, 5.74) is 1.88. The van der Waals surface area contributed by atoms with Crippen LogP contribution in [0.5, 0.6) is 11.5 Å². The highest BCUT2D eigenvalue weighted by Gasteiger charge is 2.21. The van der Waals surface area contributed by atoms with Gasteiger partial charge in [-0.3, -0.25) is 4.79 Å². The molecule has 0 aliphatic heterocycles. The number of hydrogen-bond acceptors (Lipinski definition) is 4. The molecule has 2 N–H and O–H groups in total. The minimum Gasteiger partial charge on any atom is -0.493 e. The van der Waals surface area contributed by atoms with E-state index in [1.165, 1.54) is 0 Å². The largest absolute Gasteiger partial charge is 0.493 e. The minimum atomic E-state index is -0.852. The summed E-state index contributed by atoms with van der Waals surface area (Å²) in [6.07, 6.45) is 0.553. The molecule has 0 radical (unpaired) electrons. The van der Waals surface area contributed by atoms with Gasteiger partial charge in [-0.05, 0) is 30.0 Å². The summed E-state index contributed by atoms with van der Waals surface area (Å²) in [6.45, 7) is 4.77. The Morgan fingerprint density at radius 2 is 1.89 bits per heavy atom. The van der Waals surface area contributed by atoms with Gasteiger partial charge in [0.05, 0.1) is 7.11 Å². The van der Waals surface area contributed by atoms with Gasteiger partial charge in [-0.15, -0.1) is 0 Å². The predicted molar refractivity (Wildman–Crippen MR) is 109 cm³/mol. The van der Waals surface area contributed by atoms with Crippen molar-refractivity contribution in [1.82, 2.24) is 5.32 Å². The zero-order chi connectivity index (χ0) is 19.8. The van der Waals surface area contributed by atoms with E-state index in [2.05, 4.69) is 21.2 Å². The SMILES string of the molecule is COc1ccc(Br)c(CNC(CC(C)C)C(=O)O)c1OCc1ccccc1. The van der Waals surface area contributed by atoms with Gasteiger partial charge in [0, 0.05) is 16.6 Å². The predicted octanol–water partition coefficient (Wildman–Crippen LogP) is 4.63. The minimum absolute atomic E-state index is 0.279. The van der Waals surface area contributed by atoms with Crippen LogP contribution in [0.15, 0.2) is 46.9 Å². The third-order valence-electron chi connectivity index (χ3n) is 4.14. The lowest BCUT2D eigenvalue weighted by Crippen LogP contribution is -2.37. The molecule has 0 amide bonds. The average molecular weight is 436 g/mol. The molecule has 0 aromatic heterocycles. The Bertz CT molecular complexity index is 749. The number of carbonyl (C=O) groups is 1. The van der Waals surface area contributed by atoms with Crippen LogP contribution in [-0.4, -0.2) is 24.2 Å². The zero-order valence-corrected chi connectivity index (χ0v) is 17.5. The number of methoxy groups -OCH3 is 1. The van der Waals surface area contributed by atoms with Crippen LogP contribution in [0.2, 0.25) is 0 Å². The van der Waals surface area contributed by atoms with Crippen molar-refractivity contribution < 1.29 is 19.4 Å². The van der Waals surface area contributed by atoms with Crippen molar-refractivity contribution in [2.75, 3.05) is 7.11 Å². The van der Waals surface area contributed by atoms with Gasteiger partial charge in [0.2, 0.25) is 0 Å². The lowest BCUT2D eigenvalue weighted by Gasteiger charge is -2.20. The highest BCUT2D eigenvalue weighted by molar-refractivity contribution is 9.10. The van der Waals surface area contributed by atoms with Crippen molar-refractivity contribution in [3.05, 3.63) is 58.1 Å². The first-order valence-corrected chi connectivity index (χ1v) is 9.70. The fourth-order valence-electron chi connectivity index (χ4n) is 2.76. The lowest BCUT2D eigenvalue weighted by atomic mass is 10.0. The molecule has 6 heteroatoms. The molecule has 0 fully saturated rings. The quantitative estimate of drug-likeness (QED) is 0.569. The van der Waals surface area contributed by atoms with E-state index >= 15 is 0 Å². The Kier molecular flexibility index (Phi) is 8.13. The van der Waals surface area contributed by atoms with Gasteiger partial charge in [-0.25, -0.2) is 0 Å². The summed E-state index contributed by atoms with van der Waals surface area (Å²) in [5.74, 6) is 0.647. The van der Waals surface area contributed by atoms with E-state index in [4.69, 9.17) is 9.47 Å². The Labute approximate surface area is 168 Å². The standard InChI is InChI=1S/C21H26BrNO4/c1-14(2)11-18(21(24)25)23-12-16-17(22)9-10-19(26-3)20(16)27-13-15-7-5-4-6-8-15/h4-10,14,18,23H,11-13H2,1-3H3,(H,24,25). The zero-order valence-electron chi connectivity index (χ0n) is 15.9. The van der Waals surface area contributed by atoms with Crippen LogP contribution < -0.4 is 14.8 Å². The van der Waals surface area contributed by atoms with E-state index in [0.717, 1.165) is 15.6 Å². The van der Waals surface area contributed by atoms with E-state index in [-0.39, 0.29) is 5.92 Å². The van der Waals surface area contributed by atoms with E-state index < -0.39 is 12.0 Å². The maximum Gasteiger partial charge on any atom is 0.320 e. The number of benzene rings is 2. The van der Waals surface area contributed by atoms with Crippen LogP contribution in [0, 0.1) is 5.92 Å². The molecule has 0 saturated heterocycles. The number of halogens is 1. The molecule has 0 aliphatic carbocycles. The van der Waals surface area contributed by atoms with Gasteiger partial charge in [-0.2, -0.15) is 0 Å². The van der Waals surface area contributed by atoms with Crippen LogP contribution in [0.1, 0.15) is 31.4 Å². The van der Waals surface area contributed by atoms with Gasteiger partial charge >= 0.3 is 5.97 Å². The Balaban J connectivity index is 2.22. The lowest BCUT2D eigenvalue weighted by molar-refractivity contribution is -0.140. The maximum absolute atomic E-state index is 11.5. The first kappa shape index (κ1) is 21.3. The topological polar surface area (TPSA) is 67.8 Å². The van der Waals surface area contributed by atoms with Crippen LogP contribution in [0.25, 0.3) is 0 Å². The molecule has 5 nitrogen and oxygen atoms in total. The second-order valence-corrected chi connectivity index (χ2v) is 7.59. The molecule has 0 aliphatic rings. The van der Waals surface area contributed by atoms with Crippen molar-refractivity contribution in [2.24, 2.45) is 5.92 Å². The van der Waals surface area contributed by atoms with Crippen molar-refractivity contribution >= 4 is 21.9 Å². The second kappa shape index (κ2) is 10.3. The Morgan fingerprint density at radius 3 is 2.48 bits per heavy atom. The van der Waals surface area contributed by atoms with E-state index in [0.29, 0.717) is 31.1 Å². The summed E-state index contributed by atoms with van der Waals surface area (Å²) < 4.78 is 12.4. The number of rotatable bonds is 10. The number of carboxylic acid groups (broad SMARTS) is 1. The Hall–Kier alpha value is -2.05. The van der Waals surface area contributed by atoms with Crippen LogP contribution in [-0.2, 0) is 17.9 Å². The van der Waals surface area contributed by atoms with E-state index in [1.54, 1.807) is 7.11 Å². The van der Waals surface area contributed by atoms with Gasteiger partial charge in [0.25, 0.3) is 0 Å². The molecule has 1 unspecified atom stereocenters.